The maximum atomic E-state index is 11.7. The monoisotopic (exact) mass is 270 g/mol. The number of hydrogen-bond donors (Lipinski definition) is 2. The minimum atomic E-state index is -0.968. The maximum Gasteiger partial charge on any atom is 0.317 e. The molecule has 0 atom stereocenters. The number of aryl methyl sites for hydroxylation is 1. The average Bonchev–Trinajstić information content (AvgIpc) is 2.21. The van der Waals surface area contributed by atoms with Crippen LogP contribution in [0.3, 0.4) is 0 Å². The predicted molar refractivity (Wildman–Crippen MR) is 70.0 cm³/mol. The number of halogens is 1. The highest BCUT2D eigenvalue weighted by molar-refractivity contribution is 6.31. The molecule has 0 fully saturated rings. The fourth-order valence-electron chi connectivity index (χ4n) is 1.45. The molecule has 0 saturated heterocycles. The van der Waals surface area contributed by atoms with Gasteiger partial charge in [-0.15, -0.1) is 0 Å². The van der Waals surface area contributed by atoms with Crippen LogP contribution in [0.1, 0.15) is 5.56 Å². The normalized spacial score (nSPS) is 10.4. The number of hydrogen-bond acceptors (Lipinski definition) is 3. The van der Waals surface area contributed by atoms with E-state index >= 15 is 0 Å². The van der Waals surface area contributed by atoms with Gasteiger partial charge in [0.25, 0.3) is 0 Å². The van der Waals surface area contributed by atoms with Crippen LogP contribution < -0.4 is 5.32 Å². The number of anilines is 1. The molecule has 6 heteroatoms. The van der Waals surface area contributed by atoms with Crippen molar-refractivity contribution in [2.24, 2.45) is 0 Å². The van der Waals surface area contributed by atoms with Crippen LogP contribution in [0.5, 0.6) is 0 Å². The number of benzene rings is 1. The molecule has 0 bridgehead atoms. The lowest BCUT2D eigenvalue weighted by molar-refractivity contribution is -0.138. The van der Waals surface area contributed by atoms with Crippen molar-refractivity contribution in [3.63, 3.8) is 0 Å². The summed E-state index contributed by atoms with van der Waals surface area (Å²) in [6, 6.07) is 5.20. The number of carbonyl (C=O) groups excluding carboxylic acids is 1. The summed E-state index contributed by atoms with van der Waals surface area (Å²) < 4.78 is 0. The molecular weight excluding hydrogens is 256 g/mol. The third kappa shape index (κ3) is 4.73. The van der Waals surface area contributed by atoms with Crippen molar-refractivity contribution in [3.05, 3.63) is 28.8 Å². The van der Waals surface area contributed by atoms with E-state index in [9.17, 15) is 9.59 Å². The van der Waals surface area contributed by atoms with Crippen molar-refractivity contribution in [1.82, 2.24) is 4.90 Å². The third-order valence-corrected chi connectivity index (χ3v) is 2.53. The SMILES string of the molecule is Cc1ccc(Cl)cc1NC(=O)CN(C)CC(=O)O. The first-order valence-corrected chi connectivity index (χ1v) is 5.72. The second-order valence-electron chi connectivity index (χ2n) is 4.07. The quantitative estimate of drug-likeness (QED) is 0.853. The first-order valence-electron chi connectivity index (χ1n) is 5.35. The Kier molecular flexibility index (Phi) is 5.12. The minimum absolute atomic E-state index is 0.0122. The van der Waals surface area contributed by atoms with Gasteiger partial charge < -0.3 is 10.4 Å². The molecule has 0 unspecified atom stereocenters. The van der Waals surface area contributed by atoms with E-state index in [2.05, 4.69) is 5.32 Å². The van der Waals surface area contributed by atoms with Gasteiger partial charge in [0, 0.05) is 10.7 Å². The fraction of sp³-hybridized carbons (Fsp3) is 0.333. The maximum absolute atomic E-state index is 11.7. The van der Waals surface area contributed by atoms with E-state index in [-0.39, 0.29) is 19.0 Å². The number of nitrogens with zero attached hydrogens (tertiary/aromatic N) is 1. The van der Waals surface area contributed by atoms with Crippen LogP contribution in [0.2, 0.25) is 5.02 Å². The van der Waals surface area contributed by atoms with Gasteiger partial charge in [-0.2, -0.15) is 0 Å². The van der Waals surface area contributed by atoms with Crippen molar-refractivity contribution < 1.29 is 14.7 Å². The van der Waals surface area contributed by atoms with Gasteiger partial charge in [-0.3, -0.25) is 14.5 Å². The Bertz CT molecular complexity index is 463. The summed E-state index contributed by atoms with van der Waals surface area (Å²) in [4.78, 5) is 23.6. The topological polar surface area (TPSA) is 69.6 Å². The first-order chi connectivity index (χ1) is 8.38. The summed E-state index contributed by atoms with van der Waals surface area (Å²) in [6.45, 7) is 1.69. The van der Waals surface area contributed by atoms with Gasteiger partial charge in [0.05, 0.1) is 13.1 Å². The molecule has 2 N–H and O–H groups in total. The molecule has 1 amide bonds. The Labute approximate surface area is 110 Å². The largest absolute Gasteiger partial charge is 0.480 e. The summed E-state index contributed by atoms with van der Waals surface area (Å²) >= 11 is 5.84. The standard InChI is InChI=1S/C12H15ClN2O3/c1-8-3-4-9(13)5-10(8)14-11(16)6-15(2)7-12(17)18/h3-5H,6-7H2,1-2H3,(H,14,16)(H,17,18). The number of carbonyl (C=O) groups is 2. The van der Waals surface area contributed by atoms with Crippen LogP contribution >= 0.6 is 11.6 Å². The van der Waals surface area contributed by atoms with Gasteiger partial charge in [-0.1, -0.05) is 17.7 Å². The minimum Gasteiger partial charge on any atom is -0.480 e. The zero-order chi connectivity index (χ0) is 13.7. The van der Waals surface area contributed by atoms with Crippen molar-refractivity contribution in [3.8, 4) is 0 Å². The van der Waals surface area contributed by atoms with Gasteiger partial charge in [0.2, 0.25) is 5.91 Å². The number of rotatable bonds is 5. The second-order valence-corrected chi connectivity index (χ2v) is 4.51. The zero-order valence-corrected chi connectivity index (χ0v) is 11.0. The molecule has 0 aliphatic heterocycles. The van der Waals surface area contributed by atoms with Gasteiger partial charge in [-0.05, 0) is 31.7 Å². The van der Waals surface area contributed by atoms with Crippen LogP contribution in [0.15, 0.2) is 18.2 Å². The van der Waals surface area contributed by atoms with Crippen molar-refractivity contribution in [2.75, 3.05) is 25.5 Å². The Morgan fingerprint density at radius 2 is 2.06 bits per heavy atom. The molecule has 0 aliphatic carbocycles. The highest BCUT2D eigenvalue weighted by atomic mass is 35.5. The number of aliphatic carboxylic acids is 1. The van der Waals surface area contributed by atoms with Crippen LogP contribution in [0.4, 0.5) is 5.69 Å². The summed E-state index contributed by atoms with van der Waals surface area (Å²) in [6.07, 6.45) is 0. The highest BCUT2D eigenvalue weighted by Crippen LogP contribution is 2.19. The van der Waals surface area contributed by atoms with Gasteiger partial charge in [0.15, 0.2) is 0 Å². The first kappa shape index (κ1) is 14.5. The zero-order valence-electron chi connectivity index (χ0n) is 10.2. The van der Waals surface area contributed by atoms with Crippen LogP contribution in [0.25, 0.3) is 0 Å². The molecule has 0 aliphatic rings. The molecule has 18 heavy (non-hydrogen) atoms. The molecule has 1 rings (SSSR count). The van der Waals surface area contributed by atoms with E-state index in [0.717, 1.165) is 5.56 Å². The fourth-order valence-corrected chi connectivity index (χ4v) is 1.62. The van der Waals surface area contributed by atoms with Crippen molar-refractivity contribution in [1.29, 1.82) is 0 Å². The molecule has 0 spiro atoms. The molecule has 5 nitrogen and oxygen atoms in total. The van der Waals surface area contributed by atoms with Gasteiger partial charge in [0.1, 0.15) is 0 Å². The Morgan fingerprint density at radius 1 is 1.39 bits per heavy atom. The summed E-state index contributed by atoms with van der Waals surface area (Å²) in [5.41, 5.74) is 1.53. The number of carboxylic acids is 1. The van der Waals surface area contributed by atoms with Crippen molar-refractivity contribution >= 4 is 29.2 Å². The van der Waals surface area contributed by atoms with Crippen molar-refractivity contribution in [2.45, 2.75) is 6.92 Å². The lowest BCUT2D eigenvalue weighted by Gasteiger charge is -2.14. The molecule has 0 aromatic heterocycles. The van der Waals surface area contributed by atoms with Gasteiger partial charge in [-0.25, -0.2) is 0 Å². The molecule has 0 heterocycles. The Hall–Kier alpha value is -1.59. The summed E-state index contributed by atoms with van der Waals surface area (Å²) in [7, 11) is 1.57. The molecular formula is C12H15ClN2O3. The highest BCUT2D eigenvalue weighted by Gasteiger charge is 2.10. The third-order valence-electron chi connectivity index (χ3n) is 2.29. The molecule has 1 aromatic rings. The molecule has 0 radical (unpaired) electrons. The lowest BCUT2D eigenvalue weighted by atomic mass is 10.2. The number of carboxylic acid groups (broad SMARTS) is 1. The summed E-state index contributed by atoms with van der Waals surface area (Å²) in [5, 5.41) is 11.8. The number of nitrogens with one attached hydrogen (secondary N) is 1. The number of likely N-dealkylation sites (N-methyl/N-ethyl adjacent to an activating group) is 1. The number of amides is 1. The molecule has 1 aromatic carbocycles. The van der Waals surface area contributed by atoms with Crippen LogP contribution in [-0.2, 0) is 9.59 Å². The Morgan fingerprint density at radius 3 is 2.67 bits per heavy atom. The van der Waals surface area contributed by atoms with E-state index < -0.39 is 5.97 Å². The van der Waals surface area contributed by atoms with E-state index in [4.69, 9.17) is 16.7 Å². The average molecular weight is 271 g/mol. The van der Waals surface area contributed by atoms with Crippen LogP contribution in [-0.4, -0.2) is 42.0 Å². The van der Waals surface area contributed by atoms with Crippen LogP contribution in [0, 0.1) is 6.92 Å². The smallest absolute Gasteiger partial charge is 0.317 e. The second kappa shape index (κ2) is 6.37. The molecule has 98 valence electrons. The van der Waals surface area contributed by atoms with E-state index in [1.54, 1.807) is 25.2 Å². The van der Waals surface area contributed by atoms with Gasteiger partial charge >= 0.3 is 5.97 Å². The molecule has 0 saturated carbocycles. The van der Waals surface area contributed by atoms with E-state index in [1.165, 1.54) is 4.90 Å². The Balaban J connectivity index is 2.59. The van der Waals surface area contributed by atoms with E-state index in [0.29, 0.717) is 10.7 Å². The lowest BCUT2D eigenvalue weighted by Crippen LogP contribution is -2.33. The summed E-state index contributed by atoms with van der Waals surface area (Å²) in [5.74, 6) is -1.24. The van der Waals surface area contributed by atoms with E-state index in [1.807, 2.05) is 6.92 Å². The predicted octanol–water partition coefficient (Wildman–Crippen LogP) is 1.60.